The summed E-state index contributed by atoms with van der Waals surface area (Å²) in [5.74, 6) is -0.225. The molecule has 5 heteroatoms. The van der Waals surface area contributed by atoms with Crippen molar-refractivity contribution in [1.29, 1.82) is 0 Å². The molecular weight excluding hydrogens is 270 g/mol. The highest BCUT2D eigenvalue weighted by Gasteiger charge is 2.03. The third-order valence-corrected chi connectivity index (χ3v) is 3.77. The van der Waals surface area contributed by atoms with Crippen molar-refractivity contribution >= 4 is 17.2 Å². The van der Waals surface area contributed by atoms with Crippen LogP contribution in [0.5, 0.6) is 0 Å². The number of nitrogens with zero attached hydrogens (tertiary/aromatic N) is 1. The van der Waals surface area contributed by atoms with Crippen LogP contribution in [0, 0.1) is 0 Å². The van der Waals surface area contributed by atoms with Crippen molar-refractivity contribution in [1.82, 2.24) is 10.3 Å². The van der Waals surface area contributed by atoms with Gasteiger partial charge in [0.1, 0.15) is 5.01 Å². The Labute approximate surface area is 123 Å². The van der Waals surface area contributed by atoms with Crippen LogP contribution >= 0.6 is 11.3 Å². The second-order valence-corrected chi connectivity index (χ2v) is 5.54. The average Bonchev–Trinajstić information content (AvgIpc) is 2.92. The van der Waals surface area contributed by atoms with E-state index in [9.17, 15) is 4.79 Å². The molecule has 2 aromatic rings. The van der Waals surface area contributed by atoms with Gasteiger partial charge >= 0.3 is 0 Å². The van der Waals surface area contributed by atoms with Gasteiger partial charge in [-0.05, 0) is 19.4 Å². The highest BCUT2D eigenvalue weighted by atomic mass is 32.1. The molecule has 0 saturated heterocycles. The number of amides is 1. The molecule has 4 nitrogen and oxygen atoms in total. The predicted octanol–water partition coefficient (Wildman–Crippen LogP) is 2.56. The van der Waals surface area contributed by atoms with Gasteiger partial charge in [-0.25, -0.2) is 4.98 Å². The van der Waals surface area contributed by atoms with Crippen LogP contribution in [0.2, 0.25) is 0 Å². The van der Waals surface area contributed by atoms with Crippen LogP contribution in [0.25, 0.3) is 11.3 Å². The van der Waals surface area contributed by atoms with E-state index >= 15 is 0 Å². The Morgan fingerprint density at radius 2 is 2.05 bits per heavy atom. The monoisotopic (exact) mass is 289 g/mol. The number of thiazole rings is 1. The number of carbonyl (C=O) groups is 1. The van der Waals surface area contributed by atoms with Gasteiger partial charge in [-0.3, -0.25) is 4.79 Å². The second kappa shape index (κ2) is 7.77. The number of carbonyl (C=O) groups excluding carboxylic acids is 1. The van der Waals surface area contributed by atoms with Crippen molar-refractivity contribution in [3.8, 4) is 11.3 Å². The van der Waals surface area contributed by atoms with Crippen molar-refractivity contribution in [3.05, 3.63) is 40.7 Å². The standard InChI is InChI=1S/C15H19N3OS/c16-14(19)8-4-5-9-17-10-15-18-13(11-20-15)12-6-2-1-3-7-12/h1-3,6-7,11,17H,4-5,8-10H2,(H2,16,19). The predicted molar refractivity (Wildman–Crippen MR) is 82.3 cm³/mol. The summed E-state index contributed by atoms with van der Waals surface area (Å²) in [6, 6.07) is 10.2. The van der Waals surface area contributed by atoms with Gasteiger partial charge in [0.25, 0.3) is 0 Å². The van der Waals surface area contributed by atoms with Crippen LogP contribution in [-0.2, 0) is 11.3 Å². The van der Waals surface area contributed by atoms with Crippen molar-refractivity contribution in [3.63, 3.8) is 0 Å². The van der Waals surface area contributed by atoms with E-state index in [4.69, 9.17) is 5.73 Å². The first-order chi connectivity index (χ1) is 9.75. The lowest BCUT2D eigenvalue weighted by Crippen LogP contribution is -2.16. The highest BCUT2D eigenvalue weighted by molar-refractivity contribution is 7.09. The number of nitrogens with one attached hydrogen (secondary N) is 1. The third kappa shape index (κ3) is 4.75. The van der Waals surface area contributed by atoms with E-state index in [2.05, 4.69) is 27.8 Å². The molecule has 0 spiro atoms. The molecule has 2 rings (SSSR count). The lowest BCUT2D eigenvalue weighted by Gasteiger charge is -2.01. The number of benzene rings is 1. The third-order valence-electron chi connectivity index (χ3n) is 2.92. The Morgan fingerprint density at radius 1 is 1.25 bits per heavy atom. The molecule has 0 aliphatic rings. The Morgan fingerprint density at radius 3 is 2.80 bits per heavy atom. The Kier molecular flexibility index (Phi) is 5.70. The molecule has 0 unspecified atom stereocenters. The largest absolute Gasteiger partial charge is 0.370 e. The summed E-state index contributed by atoms with van der Waals surface area (Å²) in [6.45, 7) is 1.65. The zero-order chi connectivity index (χ0) is 14.2. The van der Waals surface area contributed by atoms with Crippen LogP contribution in [0.3, 0.4) is 0 Å². The van der Waals surface area contributed by atoms with Crippen LogP contribution in [0.4, 0.5) is 0 Å². The summed E-state index contributed by atoms with van der Waals surface area (Å²) >= 11 is 1.67. The van der Waals surface area contributed by atoms with E-state index in [1.165, 1.54) is 0 Å². The molecule has 20 heavy (non-hydrogen) atoms. The maximum absolute atomic E-state index is 10.6. The molecule has 1 amide bonds. The van der Waals surface area contributed by atoms with Crippen LogP contribution < -0.4 is 11.1 Å². The molecule has 1 aromatic carbocycles. The average molecular weight is 289 g/mol. The molecule has 1 heterocycles. The molecule has 0 saturated carbocycles. The molecule has 1 aromatic heterocycles. The lowest BCUT2D eigenvalue weighted by atomic mass is 10.2. The second-order valence-electron chi connectivity index (χ2n) is 4.59. The highest BCUT2D eigenvalue weighted by Crippen LogP contribution is 2.21. The smallest absolute Gasteiger partial charge is 0.217 e. The summed E-state index contributed by atoms with van der Waals surface area (Å²) < 4.78 is 0. The minimum Gasteiger partial charge on any atom is -0.370 e. The minimum absolute atomic E-state index is 0.225. The first kappa shape index (κ1) is 14.7. The van der Waals surface area contributed by atoms with Gasteiger partial charge in [0.05, 0.1) is 5.69 Å². The van der Waals surface area contributed by atoms with Crippen molar-refractivity contribution < 1.29 is 4.79 Å². The molecule has 0 radical (unpaired) electrons. The van der Waals surface area contributed by atoms with Gasteiger partial charge in [-0.15, -0.1) is 11.3 Å². The molecule has 106 valence electrons. The molecular formula is C15H19N3OS. The van der Waals surface area contributed by atoms with E-state index in [1.54, 1.807) is 11.3 Å². The van der Waals surface area contributed by atoms with E-state index in [0.29, 0.717) is 6.42 Å². The van der Waals surface area contributed by atoms with Gasteiger partial charge in [0, 0.05) is 23.9 Å². The fraction of sp³-hybridized carbons (Fsp3) is 0.333. The maximum Gasteiger partial charge on any atom is 0.217 e. The SMILES string of the molecule is NC(=O)CCCCNCc1nc(-c2ccccc2)cs1. The number of primary amides is 1. The number of rotatable bonds is 8. The molecule has 0 atom stereocenters. The van der Waals surface area contributed by atoms with Gasteiger partial charge in [-0.1, -0.05) is 30.3 Å². The summed E-state index contributed by atoms with van der Waals surface area (Å²) in [5, 5.41) is 6.50. The number of hydrogen-bond acceptors (Lipinski definition) is 4. The zero-order valence-corrected chi connectivity index (χ0v) is 12.2. The zero-order valence-electron chi connectivity index (χ0n) is 11.3. The fourth-order valence-corrected chi connectivity index (χ4v) is 2.65. The van der Waals surface area contributed by atoms with Crippen LogP contribution in [-0.4, -0.2) is 17.4 Å². The quantitative estimate of drug-likeness (QED) is 0.734. The first-order valence-electron chi connectivity index (χ1n) is 6.74. The van der Waals surface area contributed by atoms with E-state index in [0.717, 1.165) is 42.2 Å². The van der Waals surface area contributed by atoms with Crippen molar-refractivity contribution in [2.45, 2.75) is 25.8 Å². The maximum atomic E-state index is 10.6. The Balaban J connectivity index is 1.72. The van der Waals surface area contributed by atoms with E-state index < -0.39 is 0 Å². The van der Waals surface area contributed by atoms with Gasteiger partial charge in [-0.2, -0.15) is 0 Å². The molecule has 0 aliphatic heterocycles. The van der Waals surface area contributed by atoms with E-state index in [-0.39, 0.29) is 5.91 Å². The topological polar surface area (TPSA) is 68.0 Å². The van der Waals surface area contributed by atoms with Gasteiger partial charge in [0.2, 0.25) is 5.91 Å². The number of hydrogen-bond donors (Lipinski definition) is 2. The normalized spacial score (nSPS) is 10.6. The molecule has 0 aliphatic carbocycles. The Hall–Kier alpha value is -1.72. The number of aromatic nitrogens is 1. The van der Waals surface area contributed by atoms with Crippen LogP contribution in [0.15, 0.2) is 35.7 Å². The fourth-order valence-electron chi connectivity index (χ4n) is 1.88. The summed E-state index contributed by atoms with van der Waals surface area (Å²) in [4.78, 5) is 15.2. The molecule has 3 N–H and O–H groups in total. The van der Waals surface area contributed by atoms with Crippen molar-refractivity contribution in [2.24, 2.45) is 5.73 Å². The summed E-state index contributed by atoms with van der Waals surface area (Å²) in [5.41, 5.74) is 7.27. The molecule has 0 fully saturated rings. The Bertz CT molecular complexity index is 539. The number of nitrogens with two attached hydrogens (primary N) is 1. The summed E-state index contributed by atoms with van der Waals surface area (Å²) in [6.07, 6.45) is 2.27. The summed E-state index contributed by atoms with van der Waals surface area (Å²) in [7, 11) is 0. The van der Waals surface area contributed by atoms with Gasteiger partial charge in [0.15, 0.2) is 0 Å². The first-order valence-corrected chi connectivity index (χ1v) is 7.62. The van der Waals surface area contributed by atoms with Crippen LogP contribution in [0.1, 0.15) is 24.3 Å². The van der Waals surface area contributed by atoms with Gasteiger partial charge < -0.3 is 11.1 Å². The lowest BCUT2D eigenvalue weighted by molar-refractivity contribution is -0.118. The van der Waals surface area contributed by atoms with Crippen molar-refractivity contribution in [2.75, 3.05) is 6.54 Å². The minimum atomic E-state index is -0.225. The molecule has 0 bridgehead atoms. The number of unbranched alkanes of at least 4 members (excludes halogenated alkanes) is 1. The van der Waals surface area contributed by atoms with E-state index in [1.807, 2.05) is 18.2 Å².